The zero-order valence-electron chi connectivity index (χ0n) is 13.4. The molecule has 1 aliphatic heterocycles. The number of rotatable bonds is 4. The standard InChI is InChI=1S/C17H25NO3S/c1-13-10-18(11-17(6-7-17)12-22(2,20)21)8-5-14-3-4-15(19)9-16(13)14/h3-4,9,13,19H,5-8,10-12H2,1-2H3. The Kier molecular flexibility index (Phi) is 3.98. The monoisotopic (exact) mass is 323 g/mol. The van der Waals surface area contributed by atoms with Crippen LogP contribution < -0.4 is 0 Å². The first-order chi connectivity index (χ1) is 10.3. The van der Waals surface area contributed by atoms with Gasteiger partial charge in [0.15, 0.2) is 0 Å². The lowest BCUT2D eigenvalue weighted by atomic mass is 9.95. The molecule has 1 aliphatic carbocycles. The van der Waals surface area contributed by atoms with E-state index in [1.54, 1.807) is 6.07 Å². The molecule has 1 atom stereocenters. The predicted molar refractivity (Wildman–Crippen MR) is 88.0 cm³/mol. The zero-order chi connectivity index (χ0) is 16.0. The summed E-state index contributed by atoms with van der Waals surface area (Å²) < 4.78 is 23.3. The summed E-state index contributed by atoms with van der Waals surface area (Å²) in [5, 5.41) is 9.71. The molecule has 3 rings (SSSR count). The fourth-order valence-electron chi connectivity index (χ4n) is 3.82. The molecule has 0 bridgehead atoms. The van der Waals surface area contributed by atoms with Crippen LogP contribution in [0.3, 0.4) is 0 Å². The summed E-state index contributed by atoms with van der Waals surface area (Å²) in [7, 11) is -2.91. The van der Waals surface area contributed by atoms with Crippen molar-refractivity contribution in [2.75, 3.05) is 31.6 Å². The highest BCUT2D eigenvalue weighted by molar-refractivity contribution is 7.90. The summed E-state index contributed by atoms with van der Waals surface area (Å²) in [6.45, 7) is 4.96. The smallest absolute Gasteiger partial charge is 0.148 e. The third-order valence-corrected chi connectivity index (χ3v) is 6.11. The van der Waals surface area contributed by atoms with Crippen LogP contribution >= 0.6 is 0 Å². The maximum Gasteiger partial charge on any atom is 0.148 e. The summed E-state index contributed by atoms with van der Waals surface area (Å²) in [6, 6.07) is 5.66. The van der Waals surface area contributed by atoms with Gasteiger partial charge in [-0.1, -0.05) is 13.0 Å². The second-order valence-electron chi connectivity index (χ2n) is 7.34. The molecule has 0 radical (unpaired) electrons. The SMILES string of the molecule is CC1CN(CC2(CS(C)(=O)=O)CC2)CCc2ccc(O)cc21. The van der Waals surface area contributed by atoms with Crippen molar-refractivity contribution in [1.82, 2.24) is 4.90 Å². The van der Waals surface area contributed by atoms with Crippen molar-refractivity contribution in [1.29, 1.82) is 0 Å². The number of nitrogens with zero attached hydrogens (tertiary/aromatic N) is 1. The van der Waals surface area contributed by atoms with Crippen LogP contribution in [0.4, 0.5) is 0 Å². The third-order valence-electron chi connectivity index (χ3n) is 4.97. The van der Waals surface area contributed by atoms with E-state index in [0.717, 1.165) is 38.9 Å². The Bertz CT molecular complexity index is 664. The first-order valence-electron chi connectivity index (χ1n) is 7.98. The molecular weight excluding hydrogens is 298 g/mol. The van der Waals surface area contributed by atoms with Crippen molar-refractivity contribution in [2.24, 2.45) is 5.41 Å². The van der Waals surface area contributed by atoms with Crippen molar-refractivity contribution >= 4 is 9.84 Å². The molecule has 0 spiro atoms. The van der Waals surface area contributed by atoms with Crippen molar-refractivity contribution in [3.8, 4) is 5.75 Å². The maximum atomic E-state index is 11.6. The molecule has 1 heterocycles. The van der Waals surface area contributed by atoms with E-state index < -0.39 is 9.84 Å². The molecule has 5 heteroatoms. The number of phenols is 1. The van der Waals surface area contributed by atoms with E-state index in [1.807, 2.05) is 12.1 Å². The Morgan fingerprint density at radius 2 is 2.09 bits per heavy atom. The summed E-state index contributed by atoms with van der Waals surface area (Å²) in [4.78, 5) is 2.42. The molecule has 1 aromatic rings. The highest BCUT2D eigenvalue weighted by atomic mass is 32.2. The van der Waals surface area contributed by atoms with Gasteiger partial charge in [0.25, 0.3) is 0 Å². The van der Waals surface area contributed by atoms with Gasteiger partial charge in [-0.15, -0.1) is 0 Å². The van der Waals surface area contributed by atoms with Gasteiger partial charge in [0.2, 0.25) is 0 Å². The van der Waals surface area contributed by atoms with Gasteiger partial charge in [-0.3, -0.25) is 0 Å². The molecule has 1 aromatic carbocycles. The van der Waals surface area contributed by atoms with E-state index in [9.17, 15) is 13.5 Å². The van der Waals surface area contributed by atoms with Crippen molar-refractivity contribution in [2.45, 2.75) is 32.1 Å². The molecule has 4 nitrogen and oxygen atoms in total. The fourth-order valence-corrected chi connectivity index (χ4v) is 5.32. The van der Waals surface area contributed by atoms with E-state index >= 15 is 0 Å². The van der Waals surface area contributed by atoms with E-state index in [2.05, 4.69) is 11.8 Å². The number of fused-ring (bicyclic) bond motifs is 1. The molecule has 122 valence electrons. The molecule has 22 heavy (non-hydrogen) atoms. The normalized spacial score (nSPS) is 24.5. The number of hydrogen-bond donors (Lipinski definition) is 1. The molecule has 0 aromatic heterocycles. The lowest BCUT2D eigenvalue weighted by Crippen LogP contribution is -2.36. The minimum Gasteiger partial charge on any atom is -0.508 e. The van der Waals surface area contributed by atoms with E-state index in [0.29, 0.717) is 17.4 Å². The van der Waals surface area contributed by atoms with E-state index in [-0.39, 0.29) is 5.41 Å². The van der Waals surface area contributed by atoms with Crippen LogP contribution in [0.2, 0.25) is 0 Å². The van der Waals surface area contributed by atoms with Crippen LogP contribution in [0.15, 0.2) is 18.2 Å². The lowest BCUT2D eigenvalue weighted by Gasteiger charge is -2.27. The summed E-state index contributed by atoms with van der Waals surface area (Å²) in [5.41, 5.74) is 2.53. The van der Waals surface area contributed by atoms with Gasteiger partial charge in [-0.05, 0) is 53.9 Å². The van der Waals surface area contributed by atoms with Crippen LogP contribution in [-0.4, -0.2) is 50.1 Å². The number of sulfone groups is 1. The third kappa shape index (κ3) is 3.63. The second kappa shape index (κ2) is 5.53. The van der Waals surface area contributed by atoms with E-state index in [1.165, 1.54) is 17.4 Å². The summed E-state index contributed by atoms with van der Waals surface area (Å²) in [6.07, 6.45) is 4.36. The van der Waals surface area contributed by atoms with Gasteiger partial charge >= 0.3 is 0 Å². The molecule has 2 aliphatic rings. The molecule has 1 N–H and O–H groups in total. The molecule has 1 saturated carbocycles. The highest BCUT2D eigenvalue weighted by Gasteiger charge is 2.46. The predicted octanol–water partition coefficient (Wildman–Crippen LogP) is 2.18. The van der Waals surface area contributed by atoms with Gasteiger partial charge in [-0.2, -0.15) is 0 Å². The number of hydrogen-bond acceptors (Lipinski definition) is 4. The number of aromatic hydroxyl groups is 1. The Morgan fingerprint density at radius 3 is 2.73 bits per heavy atom. The Morgan fingerprint density at radius 1 is 1.36 bits per heavy atom. The lowest BCUT2D eigenvalue weighted by molar-refractivity contribution is 0.227. The van der Waals surface area contributed by atoms with Gasteiger partial charge in [-0.25, -0.2) is 8.42 Å². The molecule has 0 amide bonds. The van der Waals surface area contributed by atoms with Crippen LogP contribution in [0.25, 0.3) is 0 Å². The molecule has 1 fully saturated rings. The second-order valence-corrected chi connectivity index (χ2v) is 9.48. The summed E-state index contributed by atoms with van der Waals surface area (Å²) in [5.74, 6) is 1.01. The Hall–Kier alpha value is -1.07. The molecular formula is C17H25NO3S. The first kappa shape index (κ1) is 15.8. The minimum atomic E-state index is -2.91. The quantitative estimate of drug-likeness (QED) is 0.923. The number of phenolic OH excluding ortho intramolecular Hbond substituents is 1. The van der Waals surface area contributed by atoms with Crippen LogP contribution in [0.5, 0.6) is 5.75 Å². The van der Waals surface area contributed by atoms with Gasteiger partial charge < -0.3 is 10.0 Å². The van der Waals surface area contributed by atoms with Crippen molar-refractivity contribution < 1.29 is 13.5 Å². The van der Waals surface area contributed by atoms with Crippen molar-refractivity contribution in [3.63, 3.8) is 0 Å². The average molecular weight is 323 g/mol. The maximum absolute atomic E-state index is 11.6. The van der Waals surface area contributed by atoms with Gasteiger partial charge in [0, 0.05) is 25.9 Å². The summed E-state index contributed by atoms with van der Waals surface area (Å²) >= 11 is 0. The average Bonchev–Trinajstić information content (AvgIpc) is 3.14. The number of benzene rings is 1. The molecule has 0 saturated heterocycles. The highest BCUT2D eigenvalue weighted by Crippen LogP contribution is 2.47. The fraction of sp³-hybridized carbons (Fsp3) is 0.647. The first-order valence-corrected chi connectivity index (χ1v) is 10.0. The van der Waals surface area contributed by atoms with Crippen LogP contribution in [0.1, 0.15) is 36.8 Å². The Labute approximate surface area is 133 Å². The Balaban J connectivity index is 1.71. The topological polar surface area (TPSA) is 57.6 Å². The minimum absolute atomic E-state index is 0.00797. The van der Waals surface area contributed by atoms with Gasteiger partial charge in [0.1, 0.15) is 15.6 Å². The van der Waals surface area contributed by atoms with Crippen LogP contribution in [-0.2, 0) is 16.3 Å². The largest absolute Gasteiger partial charge is 0.508 e. The van der Waals surface area contributed by atoms with Crippen molar-refractivity contribution in [3.05, 3.63) is 29.3 Å². The van der Waals surface area contributed by atoms with E-state index in [4.69, 9.17) is 0 Å². The van der Waals surface area contributed by atoms with Gasteiger partial charge in [0.05, 0.1) is 5.75 Å². The van der Waals surface area contributed by atoms with Crippen LogP contribution in [0, 0.1) is 5.41 Å². The molecule has 1 unspecified atom stereocenters. The zero-order valence-corrected chi connectivity index (χ0v) is 14.2.